The fourth-order valence-electron chi connectivity index (χ4n) is 7.02. The molecule has 8 atom stereocenters. The van der Waals surface area contributed by atoms with Crippen LogP contribution < -0.4 is 0 Å². The van der Waals surface area contributed by atoms with E-state index in [0.717, 1.165) is 49.4 Å². The van der Waals surface area contributed by atoms with Gasteiger partial charge in [0.2, 0.25) is 0 Å². The van der Waals surface area contributed by atoms with Crippen LogP contribution in [0.4, 0.5) is 0 Å². The highest BCUT2D eigenvalue weighted by molar-refractivity contribution is 5.87. The van der Waals surface area contributed by atoms with Gasteiger partial charge in [-0.05, 0) is 87.4 Å². The van der Waals surface area contributed by atoms with E-state index in [0.29, 0.717) is 17.6 Å². The van der Waals surface area contributed by atoms with Gasteiger partial charge < -0.3 is 5.11 Å². The van der Waals surface area contributed by atoms with E-state index in [1.54, 1.807) is 0 Å². The zero-order valence-electron chi connectivity index (χ0n) is 14.5. The SMILES string of the molecule is C[C@H]1C[C@H]2[C@H](CC[C@@H]3[C@@H]2CC[C@]2(C)C(=O)CC[C@@H]32)C[C@]1(C)O. The van der Waals surface area contributed by atoms with Crippen LogP contribution in [0.5, 0.6) is 0 Å². The van der Waals surface area contributed by atoms with Crippen molar-refractivity contribution in [3.63, 3.8) is 0 Å². The predicted molar refractivity (Wildman–Crippen MR) is 87.3 cm³/mol. The summed E-state index contributed by atoms with van der Waals surface area (Å²) in [5.74, 6) is 4.81. The van der Waals surface area contributed by atoms with E-state index in [-0.39, 0.29) is 5.41 Å². The first-order valence-corrected chi connectivity index (χ1v) is 9.58. The van der Waals surface area contributed by atoms with E-state index in [4.69, 9.17) is 0 Å². The van der Waals surface area contributed by atoms with Crippen molar-refractivity contribution in [2.24, 2.45) is 40.9 Å². The topological polar surface area (TPSA) is 37.3 Å². The van der Waals surface area contributed by atoms with Gasteiger partial charge in [-0.3, -0.25) is 4.79 Å². The largest absolute Gasteiger partial charge is 0.390 e. The van der Waals surface area contributed by atoms with E-state index in [9.17, 15) is 9.90 Å². The molecule has 4 aliphatic rings. The first-order chi connectivity index (χ1) is 10.3. The Morgan fingerprint density at radius 2 is 1.82 bits per heavy atom. The molecule has 0 aromatic carbocycles. The molecule has 0 saturated heterocycles. The van der Waals surface area contributed by atoms with Crippen LogP contribution in [0.25, 0.3) is 0 Å². The number of carbonyl (C=O) groups is 1. The number of hydrogen-bond donors (Lipinski definition) is 1. The summed E-state index contributed by atoms with van der Waals surface area (Å²) in [6.45, 7) is 6.56. The minimum atomic E-state index is -0.458. The highest BCUT2D eigenvalue weighted by Gasteiger charge is 2.58. The highest BCUT2D eigenvalue weighted by atomic mass is 16.3. The molecule has 0 amide bonds. The van der Waals surface area contributed by atoms with E-state index in [2.05, 4.69) is 13.8 Å². The standard InChI is InChI=1S/C20H32O2/c1-12-10-16-13(11-20(12,3)22)4-5-15-14(16)8-9-19(2)17(15)6-7-18(19)21/h12-17,22H,4-11H2,1-3H3/t12-,13+,14-,15+,16-,17-,19-,20-/m0/s1. The summed E-state index contributed by atoms with van der Waals surface area (Å²) in [5, 5.41) is 10.7. The van der Waals surface area contributed by atoms with Crippen molar-refractivity contribution in [3.05, 3.63) is 0 Å². The van der Waals surface area contributed by atoms with Gasteiger partial charge in [-0.1, -0.05) is 13.8 Å². The second-order valence-corrected chi connectivity index (χ2v) is 9.55. The average molecular weight is 304 g/mol. The van der Waals surface area contributed by atoms with Crippen molar-refractivity contribution in [2.75, 3.05) is 0 Å². The van der Waals surface area contributed by atoms with Crippen molar-refractivity contribution < 1.29 is 9.90 Å². The number of hydrogen-bond acceptors (Lipinski definition) is 2. The van der Waals surface area contributed by atoms with Crippen LogP contribution >= 0.6 is 0 Å². The normalized spacial score (nSPS) is 57.9. The van der Waals surface area contributed by atoms with Crippen LogP contribution in [-0.4, -0.2) is 16.5 Å². The Bertz CT molecular complexity index is 482. The van der Waals surface area contributed by atoms with E-state index in [1.165, 1.54) is 25.7 Å². The first-order valence-electron chi connectivity index (χ1n) is 9.58. The Hall–Kier alpha value is -0.370. The third-order valence-electron chi connectivity index (χ3n) is 8.59. The summed E-state index contributed by atoms with van der Waals surface area (Å²) in [5.41, 5.74) is -0.444. The maximum atomic E-state index is 12.4. The molecular formula is C20H32O2. The minimum Gasteiger partial charge on any atom is -0.390 e. The summed E-state index contributed by atoms with van der Waals surface area (Å²) in [6.07, 6.45) is 9.19. The lowest BCUT2D eigenvalue weighted by molar-refractivity contribution is -0.138. The van der Waals surface area contributed by atoms with Crippen LogP contribution in [0, 0.1) is 40.9 Å². The van der Waals surface area contributed by atoms with Crippen molar-refractivity contribution in [1.29, 1.82) is 0 Å². The third-order valence-corrected chi connectivity index (χ3v) is 8.59. The Balaban J connectivity index is 1.59. The maximum absolute atomic E-state index is 12.4. The number of Topliss-reactive ketones (excluding diaryl/α,β-unsaturated/α-hetero) is 1. The summed E-state index contributed by atoms with van der Waals surface area (Å²) < 4.78 is 0. The first kappa shape index (κ1) is 15.2. The van der Waals surface area contributed by atoms with Crippen molar-refractivity contribution >= 4 is 5.78 Å². The van der Waals surface area contributed by atoms with Crippen LogP contribution in [0.15, 0.2) is 0 Å². The molecule has 0 aromatic rings. The van der Waals surface area contributed by atoms with Gasteiger partial charge in [-0.2, -0.15) is 0 Å². The number of aliphatic hydroxyl groups is 1. The Morgan fingerprint density at radius 3 is 2.59 bits per heavy atom. The van der Waals surface area contributed by atoms with Crippen LogP contribution in [-0.2, 0) is 4.79 Å². The van der Waals surface area contributed by atoms with Crippen molar-refractivity contribution in [3.8, 4) is 0 Å². The van der Waals surface area contributed by atoms with Gasteiger partial charge in [0.25, 0.3) is 0 Å². The summed E-state index contributed by atoms with van der Waals surface area (Å²) >= 11 is 0. The van der Waals surface area contributed by atoms with Gasteiger partial charge in [0.15, 0.2) is 0 Å². The van der Waals surface area contributed by atoms with Crippen molar-refractivity contribution in [1.82, 2.24) is 0 Å². The van der Waals surface area contributed by atoms with Crippen LogP contribution in [0.1, 0.15) is 72.1 Å². The number of carbonyl (C=O) groups excluding carboxylic acids is 1. The van der Waals surface area contributed by atoms with Gasteiger partial charge in [0, 0.05) is 11.8 Å². The molecule has 124 valence electrons. The lowest BCUT2D eigenvalue weighted by Gasteiger charge is -2.57. The molecule has 22 heavy (non-hydrogen) atoms. The van der Waals surface area contributed by atoms with Gasteiger partial charge in [0.1, 0.15) is 5.78 Å². The molecule has 0 spiro atoms. The minimum absolute atomic E-state index is 0.0137. The molecule has 4 fully saturated rings. The van der Waals surface area contributed by atoms with E-state index >= 15 is 0 Å². The van der Waals surface area contributed by atoms with Crippen LogP contribution in [0.3, 0.4) is 0 Å². The molecule has 0 heterocycles. The monoisotopic (exact) mass is 304 g/mol. The second-order valence-electron chi connectivity index (χ2n) is 9.55. The summed E-state index contributed by atoms with van der Waals surface area (Å²) in [4.78, 5) is 12.4. The second kappa shape index (κ2) is 4.82. The van der Waals surface area contributed by atoms with Gasteiger partial charge in [-0.25, -0.2) is 0 Å². The zero-order chi connectivity index (χ0) is 15.7. The molecule has 4 saturated carbocycles. The lowest BCUT2D eigenvalue weighted by atomic mass is 9.49. The molecule has 0 aromatic heterocycles. The molecule has 4 aliphatic carbocycles. The third kappa shape index (κ3) is 1.98. The molecule has 0 radical (unpaired) electrons. The number of ketones is 1. The van der Waals surface area contributed by atoms with Crippen LogP contribution in [0.2, 0.25) is 0 Å². The fraction of sp³-hybridized carbons (Fsp3) is 0.950. The Labute approximate surface area is 135 Å². The lowest BCUT2D eigenvalue weighted by Crippen LogP contribution is -2.52. The molecule has 0 unspecified atom stereocenters. The average Bonchev–Trinajstić information content (AvgIpc) is 2.76. The molecule has 4 rings (SSSR count). The quantitative estimate of drug-likeness (QED) is 0.728. The van der Waals surface area contributed by atoms with Gasteiger partial charge in [0.05, 0.1) is 5.60 Å². The highest BCUT2D eigenvalue weighted by Crippen LogP contribution is 2.62. The molecule has 0 aliphatic heterocycles. The Morgan fingerprint density at radius 1 is 1.05 bits per heavy atom. The fourth-order valence-corrected chi connectivity index (χ4v) is 7.02. The van der Waals surface area contributed by atoms with E-state index in [1.807, 2.05) is 6.92 Å². The molecular weight excluding hydrogens is 272 g/mol. The number of fused-ring (bicyclic) bond motifs is 5. The van der Waals surface area contributed by atoms with Gasteiger partial charge in [-0.15, -0.1) is 0 Å². The zero-order valence-corrected chi connectivity index (χ0v) is 14.5. The van der Waals surface area contributed by atoms with Crippen molar-refractivity contribution in [2.45, 2.75) is 77.7 Å². The molecule has 1 N–H and O–H groups in total. The molecule has 2 heteroatoms. The van der Waals surface area contributed by atoms with Gasteiger partial charge >= 0.3 is 0 Å². The summed E-state index contributed by atoms with van der Waals surface area (Å²) in [6, 6.07) is 0. The number of rotatable bonds is 0. The smallest absolute Gasteiger partial charge is 0.139 e. The Kier molecular flexibility index (Phi) is 3.32. The summed E-state index contributed by atoms with van der Waals surface area (Å²) in [7, 11) is 0. The van der Waals surface area contributed by atoms with E-state index < -0.39 is 5.60 Å². The molecule has 2 nitrogen and oxygen atoms in total. The predicted octanol–water partition coefficient (Wildman–Crippen LogP) is 4.21. The molecule has 0 bridgehead atoms. The maximum Gasteiger partial charge on any atom is 0.139 e.